The lowest BCUT2D eigenvalue weighted by molar-refractivity contribution is 0.528. The van der Waals surface area contributed by atoms with Crippen molar-refractivity contribution in [2.45, 2.75) is 25.8 Å². The summed E-state index contributed by atoms with van der Waals surface area (Å²) in [7, 11) is 0. The number of hydrogen-bond donors (Lipinski definition) is 1. The maximum atomic E-state index is 6.25. The minimum Gasteiger partial charge on any atom is -0.310 e. The van der Waals surface area contributed by atoms with Crippen LogP contribution in [0.5, 0.6) is 0 Å². The van der Waals surface area contributed by atoms with E-state index in [0.29, 0.717) is 5.02 Å². The van der Waals surface area contributed by atoms with Crippen molar-refractivity contribution < 1.29 is 0 Å². The molecule has 0 bridgehead atoms. The molecule has 0 aliphatic carbocycles. The molecule has 2 aromatic heterocycles. The molecule has 3 nitrogen and oxygen atoms in total. The molecule has 0 saturated carbocycles. The van der Waals surface area contributed by atoms with E-state index < -0.39 is 0 Å². The van der Waals surface area contributed by atoms with Gasteiger partial charge in [-0.1, -0.05) is 24.6 Å². The minimum atomic E-state index is 0.194. The van der Waals surface area contributed by atoms with Crippen LogP contribution in [-0.2, 0) is 6.42 Å². The highest BCUT2D eigenvalue weighted by atomic mass is 35.5. The maximum Gasteiger partial charge on any atom is 0.0637 e. The van der Waals surface area contributed by atoms with Gasteiger partial charge in [-0.15, -0.1) is 0 Å². The second-order valence-electron chi connectivity index (χ2n) is 4.47. The van der Waals surface area contributed by atoms with Gasteiger partial charge in [0.1, 0.15) is 0 Å². The van der Waals surface area contributed by atoms with Gasteiger partial charge in [0, 0.05) is 30.8 Å². The molecule has 2 heterocycles. The number of aromatic nitrogens is 2. The van der Waals surface area contributed by atoms with Gasteiger partial charge in [0.25, 0.3) is 0 Å². The summed E-state index contributed by atoms with van der Waals surface area (Å²) < 4.78 is 0. The Bertz CT molecular complexity index is 502. The molecule has 19 heavy (non-hydrogen) atoms. The summed E-state index contributed by atoms with van der Waals surface area (Å²) in [5.41, 5.74) is 2.29. The molecule has 1 atom stereocenters. The van der Waals surface area contributed by atoms with E-state index in [1.54, 1.807) is 18.6 Å². The predicted molar refractivity (Wildman–Crippen MR) is 78.2 cm³/mol. The van der Waals surface area contributed by atoms with Crippen LogP contribution in [0.1, 0.15) is 30.5 Å². The molecule has 100 valence electrons. The molecule has 0 spiro atoms. The second-order valence-corrected chi connectivity index (χ2v) is 4.88. The van der Waals surface area contributed by atoms with E-state index in [1.165, 1.54) is 5.56 Å². The van der Waals surface area contributed by atoms with Crippen LogP contribution in [0.2, 0.25) is 5.02 Å². The highest BCUT2D eigenvalue weighted by Crippen LogP contribution is 2.24. The summed E-state index contributed by atoms with van der Waals surface area (Å²) in [4.78, 5) is 8.20. The maximum absolute atomic E-state index is 6.25. The molecule has 0 aliphatic heterocycles. The zero-order chi connectivity index (χ0) is 13.5. The fourth-order valence-electron chi connectivity index (χ4n) is 2.03. The Hall–Kier alpha value is -1.45. The minimum absolute atomic E-state index is 0.194. The lowest BCUT2D eigenvalue weighted by atomic mass is 10.0. The van der Waals surface area contributed by atoms with Gasteiger partial charge in [0.15, 0.2) is 0 Å². The van der Waals surface area contributed by atoms with Gasteiger partial charge in [-0.25, -0.2) is 0 Å². The molecular weight excluding hydrogens is 258 g/mol. The number of hydrogen-bond acceptors (Lipinski definition) is 3. The largest absolute Gasteiger partial charge is 0.310 e. The molecule has 0 radical (unpaired) electrons. The van der Waals surface area contributed by atoms with Crippen LogP contribution in [0.25, 0.3) is 0 Å². The zero-order valence-corrected chi connectivity index (χ0v) is 11.8. The quantitative estimate of drug-likeness (QED) is 0.878. The summed E-state index contributed by atoms with van der Waals surface area (Å²) in [5.74, 6) is 0. The van der Waals surface area contributed by atoms with Crippen LogP contribution in [0.4, 0.5) is 0 Å². The average molecular weight is 276 g/mol. The molecule has 0 amide bonds. The van der Waals surface area contributed by atoms with Crippen LogP contribution < -0.4 is 5.32 Å². The Morgan fingerprint density at radius 1 is 1.21 bits per heavy atom. The van der Waals surface area contributed by atoms with Crippen LogP contribution in [0.15, 0.2) is 43.0 Å². The molecule has 0 aromatic carbocycles. The van der Waals surface area contributed by atoms with Crippen molar-refractivity contribution in [3.8, 4) is 0 Å². The first kappa shape index (κ1) is 14.0. The van der Waals surface area contributed by atoms with E-state index in [0.717, 1.165) is 24.9 Å². The lowest BCUT2D eigenvalue weighted by Gasteiger charge is -2.20. The molecule has 2 aromatic rings. The van der Waals surface area contributed by atoms with Crippen molar-refractivity contribution in [3.63, 3.8) is 0 Å². The zero-order valence-electron chi connectivity index (χ0n) is 11.0. The Kier molecular flexibility index (Phi) is 5.31. The lowest BCUT2D eigenvalue weighted by Crippen LogP contribution is -2.24. The molecular formula is C15H18ClN3. The normalized spacial score (nSPS) is 12.3. The number of rotatable bonds is 6. The van der Waals surface area contributed by atoms with Crippen molar-refractivity contribution in [3.05, 3.63) is 59.1 Å². The van der Waals surface area contributed by atoms with Gasteiger partial charge in [-0.3, -0.25) is 9.97 Å². The van der Waals surface area contributed by atoms with E-state index in [4.69, 9.17) is 11.6 Å². The molecule has 2 rings (SSSR count). The fraction of sp³-hybridized carbons (Fsp3) is 0.333. The summed E-state index contributed by atoms with van der Waals surface area (Å²) in [5, 5.41) is 4.24. The van der Waals surface area contributed by atoms with E-state index in [-0.39, 0.29) is 6.04 Å². The summed E-state index contributed by atoms with van der Waals surface area (Å²) in [6, 6.07) is 6.22. The first-order valence-electron chi connectivity index (χ1n) is 6.53. The third-order valence-corrected chi connectivity index (χ3v) is 3.30. The SMILES string of the molecule is CCCNC(Cc1cccnc1)c1ccncc1Cl. The van der Waals surface area contributed by atoms with Gasteiger partial charge in [-0.2, -0.15) is 0 Å². The van der Waals surface area contributed by atoms with E-state index in [9.17, 15) is 0 Å². The second kappa shape index (κ2) is 7.22. The Balaban J connectivity index is 2.19. The fourth-order valence-corrected chi connectivity index (χ4v) is 2.28. The van der Waals surface area contributed by atoms with Gasteiger partial charge < -0.3 is 5.32 Å². The third kappa shape index (κ3) is 4.01. The first-order valence-corrected chi connectivity index (χ1v) is 6.90. The van der Waals surface area contributed by atoms with E-state index in [2.05, 4.69) is 28.3 Å². The number of nitrogens with one attached hydrogen (secondary N) is 1. The molecule has 4 heteroatoms. The third-order valence-electron chi connectivity index (χ3n) is 2.98. The molecule has 0 fully saturated rings. The Morgan fingerprint density at radius 3 is 2.74 bits per heavy atom. The summed E-state index contributed by atoms with van der Waals surface area (Å²) >= 11 is 6.25. The topological polar surface area (TPSA) is 37.8 Å². The number of pyridine rings is 2. The van der Waals surface area contributed by atoms with Crippen LogP contribution >= 0.6 is 11.6 Å². The molecule has 0 aliphatic rings. The van der Waals surface area contributed by atoms with Crippen molar-refractivity contribution in [2.75, 3.05) is 6.54 Å². The molecule has 1 N–H and O–H groups in total. The van der Waals surface area contributed by atoms with Crippen molar-refractivity contribution in [1.82, 2.24) is 15.3 Å². The standard InChI is InChI=1S/C15H18ClN3/c1-2-6-19-15(9-12-4-3-7-17-10-12)13-5-8-18-11-14(13)16/h3-5,7-8,10-11,15,19H,2,6,9H2,1H3. The first-order chi connectivity index (χ1) is 9.31. The summed E-state index contributed by atoms with van der Waals surface area (Å²) in [6.45, 7) is 3.12. The number of nitrogens with zero attached hydrogens (tertiary/aromatic N) is 2. The van der Waals surface area contributed by atoms with Crippen molar-refractivity contribution in [2.24, 2.45) is 0 Å². The highest BCUT2D eigenvalue weighted by molar-refractivity contribution is 6.31. The van der Waals surface area contributed by atoms with E-state index in [1.807, 2.05) is 18.3 Å². The van der Waals surface area contributed by atoms with Crippen LogP contribution in [0.3, 0.4) is 0 Å². The van der Waals surface area contributed by atoms with Gasteiger partial charge in [0.2, 0.25) is 0 Å². The van der Waals surface area contributed by atoms with Gasteiger partial charge in [-0.05, 0) is 42.6 Å². The molecule has 0 saturated heterocycles. The number of halogens is 1. The highest BCUT2D eigenvalue weighted by Gasteiger charge is 2.14. The average Bonchev–Trinajstić information content (AvgIpc) is 2.45. The Morgan fingerprint density at radius 2 is 2.05 bits per heavy atom. The van der Waals surface area contributed by atoms with E-state index >= 15 is 0 Å². The van der Waals surface area contributed by atoms with Gasteiger partial charge in [0.05, 0.1) is 5.02 Å². The predicted octanol–water partition coefficient (Wildman–Crippen LogP) is 3.41. The smallest absolute Gasteiger partial charge is 0.0637 e. The Labute approximate surface area is 119 Å². The van der Waals surface area contributed by atoms with Crippen LogP contribution in [-0.4, -0.2) is 16.5 Å². The van der Waals surface area contributed by atoms with Gasteiger partial charge >= 0.3 is 0 Å². The molecule has 1 unspecified atom stereocenters. The van der Waals surface area contributed by atoms with Crippen molar-refractivity contribution in [1.29, 1.82) is 0 Å². The van der Waals surface area contributed by atoms with Crippen LogP contribution in [0, 0.1) is 0 Å². The monoisotopic (exact) mass is 275 g/mol. The summed E-state index contributed by atoms with van der Waals surface area (Å²) in [6.07, 6.45) is 9.13. The van der Waals surface area contributed by atoms with Crippen molar-refractivity contribution >= 4 is 11.6 Å².